The van der Waals surface area contributed by atoms with Crippen LogP contribution in [-0.2, 0) is 19.1 Å². The van der Waals surface area contributed by atoms with Gasteiger partial charge in [0.25, 0.3) is 0 Å². The molecule has 4 bridgehead atoms. The number of hydrogen-bond donors (Lipinski definition) is 0. The van der Waals surface area contributed by atoms with Crippen molar-refractivity contribution in [2.45, 2.75) is 52.2 Å². The SMILES string of the molecule is CC(C)(C)C(=O)OC1(C)C2CC3CC2C(=O)OC31. The molecule has 0 aromatic heterocycles. The van der Waals surface area contributed by atoms with Gasteiger partial charge in [0.1, 0.15) is 11.7 Å². The standard InChI is InChI=1S/C14H20O4/c1-13(2,3)12(16)18-14(4)9-6-7-5-8(9)11(15)17-10(7)14/h7-10H,5-6H2,1-4H3. The van der Waals surface area contributed by atoms with E-state index in [2.05, 4.69) is 0 Å². The maximum Gasteiger partial charge on any atom is 0.311 e. The second-order valence-corrected chi connectivity index (χ2v) is 7.13. The molecule has 5 atom stereocenters. The minimum atomic E-state index is -0.605. The highest BCUT2D eigenvalue weighted by molar-refractivity contribution is 5.79. The lowest BCUT2D eigenvalue weighted by Crippen LogP contribution is -2.59. The van der Waals surface area contributed by atoms with Crippen LogP contribution in [0.1, 0.15) is 40.5 Å². The van der Waals surface area contributed by atoms with Crippen LogP contribution in [0.2, 0.25) is 0 Å². The van der Waals surface area contributed by atoms with E-state index in [0.717, 1.165) is 12.8 Å². The zero-order valence-corrected chi connectivity index (χ0v) is 11.4. The monoisotopic (exact) mass is 252 g/mol. The second kappa shape index (κ2) is 3.28. The average molecular weight is 252 g/mol. The predicted octanol–water partition coefficient (Wildman–Crippen LogP) is 1.92. The fourth-order valence-electron chi connectivity index (χ4n) is 3.81. The Kier molecular flexibility index (Phi) is 2.19. The molecule has 2 aliphatic carbocycles. The minimum absolute atomic E-state index is 0.0576. The Bertz CT molecular complexity index is 418. The summed E-state index contributed by atoms with van der Waals surface area (Å²) in [6.45, 7) is 7.47. The summed E-state index contributed by atoms with van der Waals surface area (Å²) in [4.78, 5) is 23.8. The number of esters is 2. The number of carbonyl (C=O) groups excluding carboxylic acids is 2. The molecule has 4 rings (SSSR count). The molecule has 0 spiro atoms. The molecular formula is C14H20O4. The lowest BCUT2D eigenvalue weighted by molar-refractivity contribution is -0.224. The van der Waals surface area contributed by atoms with Crippen molar-refractivity contribution in [1.82, 2.24) is 0 Å². The van der Waals surface area contributed by atoms with Crippen LogP contribution in [0.15, 0.2) is 0 Å². The third kappa shape index (κ3) is 1.38. The van der Waals surface area contributed by atoms with E-state index < -0.39 is 11.0 Å². The topological polar surface area (TPSA) is 52.6 Å². The number of fused-ring (bicyclic) bond motifs is 1. The number of hydrogen-bond acceptors (Lipinski definition) is 4. The summed E-state index contributed by atoms with van der Waals surface area (Å²) < 4.78 is 11.2. The summed E-state index contributed by atoms with van der Waals surface area (Å²) in [7, 11) is 0. The van der Waals surface area contributed by atoms with Crippen molar-refractivity contribution in [2.24, 2.45) is 23.2 Å². The molecular weight excluding hydrogens is 232 g/mol. The van der Waals surface area contributed by atoms with Crippen molar-refractivity contribution < 1.29 is 19.1 Å². The third-order valence-corrected chi connectivity index (χ3v) is 4.80. The van der Waals surface area contributed by atoms with Crippen molar-refractivity contribution in [1.29, 1.82) is 0 Å². The van der Waals surface area contributed by atoms with Gasteiger partial charge in [-0.3, -0.25) is 9.59 Å². The molecule has 4 aliphatic rings. The van der Waals surface area contributed by atoms with Gasteiger partial charge < -0.3 is 9.47 Å². The minimum Gasteiger partial charge on any atom is -0.458 e. The van der Waals surface area contributed by atoms with E-state index in [9.17, 15) is 9.59 Å². The molecule has 0 aromatic carbocycles. The third-order valence-electron chi connectivity index (χ3n) is 4.80. The summed E-state index contributed by atoms with van der Waals surface area (Å²) >= 11 is 0. The highest BCUT2D eigenvalue weighted by atomic mass is 16.6. The normalized spacial score (nSPS) is 45.2. The van der Waals surface area contributed by atoms with Crippen LogP contribution >= 0.6 is 0 Å². The van der Waals surface area contributed by atoms with Gasteiger partial charge in [-0.1, -0.05) is 0 Å². The zero-order valence-electron chi connectivity index (χ0n) is 11.4. The molecule has 4 fully saturated rings. The van der Waals surface area contributed by atoms with Crippen molar-refractivity contribution in [2.75, 3.05) is 0 Å². The van der Waals surface area contributed by atoms with Gasteiger partial charge in [-0.05, 0) is 40.5 Å². The van der Waals surface area contributed by atoms with Crippen LogP contribution in [0.3, 0.4) is 0 Å². The zero-order chi connectivity index (χ0) is 13.3. The molecule has 0 radical (unpaired) electrons. The van der Waals surface area contributed by atoms with Crippen molar-refractivity contribution >= 4 is 11.9 Å². The second-order valence-electron chi connectivity index (χ2n) is 7.13. The molecule has 0 aromatic rings. The first-order valence-corrected chi connectivity index (χ1v) is 6.67. The van der Waals surface area contributed by atoms with Crippen molar-refractivity contribution in [3.05, 3.63) is 0 Å². The van der Waals surface area contributed by atoms with E-state index in [-0.39, 0.29) is 29.9 Å². The van der Waals surface area contributed by atoms with Gasteiger partial charge in [-0.2, -0.15) is 0 Å². The summed E-state index contributed by atoms with van der Waals surface area (Å²) in [6.07, 6.45) is 1.64. The van der Waals surface area contributed by atoms with E-state index >= 15 is 0 Å². The first-order chi connectivity index (χ1) is 8.23. The summed E-state index contributed by atoms with van der Waals surface area (Å²) in [5.41, 5.74) is -1.13. The fourth-order valence-corrected chi connectivity index (χ4v) is 3.81. The quantitative estimate of drug-likeness (QED) is 0.669. The fraction of sp³-hybridized carbons (Fsp3) is 0.857. The lowest BCUT2D eigenvalue weighted by atomic mass is 9.73. The van der Waals surface area contributed by atoms with Gasteiger partial charge in [0.05, 0.1) is 11.3 Å². The highest BCUT2D eigenvalue weighted by Gasteiger charge is 2.69. The van der Waals surface area contributed by atoms with Gasteiger partial charge in [0.15, 0.2) is 0 Å². The molecule has 2 heterocycles. The highest BCUT2D eigenvalue weighted by Crippen LogP contribution is 2.60. The number of ether oxygens (including phenoxy) is 2. The van der Waals surface area contributed by atoms with Gasteiger partial charge in [0.2, 0.25) is 0 Å². The Balaban J connectivity index is 1.86. The van der Waals surface area contributed by atoms with E-state index in [1.54, 1.807) is 0 Å². The van der Waals surface area contributed by atoms with Gasteiger partial charge in [-0.15, -0.1) is 0 Å². The Hall–Kier alpha value is -1.06. The van der Waals surface area contributed by atoms with Crippen LogP contribution in [0.4, 0.5) is 0 Å². The Morgan fingerprint density at radius 2 is 2.06 bits per heavy atom. The molecule has 18 heavy (non-hydrogen) atoms. The van der Waals surface area contributed by atoms with Crippen LogP contribution in [0.5, 0.6) is 0 Å². The molecule has 0 amide bonds. The van der Waals surface area contributed by atoms with Crippen LogP contribution < -0.4 is 0 Å². The molecule has 2 saturated carbocycles. The van der Waals surface area contributed by atoms with Crippen LogP contribution in [0, 0.1) is 23.2 Å². The summed E-state index contributed by atoms with van der Waals surface area (Å²) in [5.74, 6) is 0.176. The summed E-state index contributed by atoms with van der Waals surface area (Å²) in [5, 5.41) is 0. The smallest absolute Gasteiger partial charge is 0.311 e. The van der Waals surface area contributed by atoms with Gasteiger partial charge >= 0.3 is 11.9 Å². The molecule has 0 N–H and O–H groups in total. The van der Waals surface area contributed by atoms with E-state index in [0.29, 0.717) is 5.92 Å². The van der Waals surface area contributed by atoms with Crippen LogP contribution in [-0.4, -0.2) is 23.6 Å². The maximum atomic E-state index is 12.1. The molecule has 2 saturated heterocycles. The maximum absolute atomic E-state index is 12.1. The van der Waals surface area contributed by atoms with E-state index in [1.165, 1.54) is 0 Å². The summed E-state index contributed by atoms with van der Waals surface area (Å²) in [6, 6.07) is 0. The molecule has 100 valence electrons. The van der Waals surface area contributed by atoms with Crippen molar-refractivity contribution in [3.8, 4) is 0 Å². The molecule has 4 nitrogen and oxygen atoms in total. The Morgan fingerprint density at radius 3 is 2.61 bits per heavy atom. The van der Waals surface area contributed by atoms with Gasteiger partial charge in [-0.25, -0.2) is 0 Å². The first kappa shape index (κ1) is 12.0. The van der Waals surface area contributed by atoms with Gasteiger partial charge in [0, 0.05) is 11.8 Å². The average Bonchev–Trinajstić information content (AvgIpc) is 2.72. The van der Waals surface area contributed by atoms with Crippen LogP contribution in [0.25, 0.3) is 0 Å². The number of carbonyl (C=O) groups is 2. The molecule has 5 unspecified atom stereocenters. The number of rotatable bonds is 1. The Morgan fingerprint density at radius 1 is 1.39 bits per heavy atom. The van der Waals surface area contributed by atoms with Crippen molar-refractivity contribution in [3.63, 3.8) is 0 Å². The largest absolute Gasteiger partial charge is 0.458 e. The first-order valence-electron chi connectivity index (χ1n) is 6.67. The molecule has 2 aliphatic heterocycles. The van der Waals surface area contributed by atoms with E-state index in [4.69, 9.17) is 9.47 Å². The molecule has 4 heteroatoms. The lowest BCUT2D eigenvalue weighted by Gasteiger charge is -2.47. The Labute approximate surface area is 107 Å². The predicted molar refractivity (Wildman–Crippen MR) is 63.5 cm³/mol. The van der Waals surface area contributed by atoms with E-state index in [1.807, 2.05) is 27.7 Å².